The maximum Gasteiger partial charge on any atom is 0.335 e. The molecule has 1 aromatic carbocycles. The summed E-state index contributed by atoms with van der Waals surface area (Å²) in [5, 5.41) is 8.94. The molecule has 8 N–H and O–H groups in total. The van der Waals surface area contributed by atoms with Crippen LogP contribution in [0.3, 0.4) is 0 Å². The van der Waals surface area contributed by atoms with Crippen molar-refractivity contribution in [3.8, 4) is 5.75 Å². The summed E-state index contributed by atoms with van der Waals surface area (Å²) < 4.78 is 5.55. The van der Waals surface area contributed by atoms with Crippen LogP contribution in [0.1, 0.15) is 15.9 Å². The van der Waals surface area contributed by atoms with E-state index in [4.69, 9.17) is 27.2 Å². The Kier molecular flexibility index (Phi) is 4.10. The molecule has 0 bridgehead atoms. The number of pyridine rings is 1. The molecule has 0 saturated heterocycles. The second-order valence-corrected chi connectivity index (χ2v) is 4.25. The highest BCUT2D eigenvalue weighted by Crippen LogP contribution is 2.30. The quantitative estimate of drug-likeness (QED) is 0.401. The van der Waals surface area contributed by atoms with Crippen molar-refractivity contribution in [2.75, 3.05) is 16.9 Å². The van der Waals surface area contributed by atoms with Gasteiger partial charge in [-0.1, -0.05) is 12.1 Å². The smallest absolute Gasteiger partial charge is 0.335 e. The minimum absolute atomic E-state index is 0.138. The Hall–Kier alpha value is -3.00. The number of hydrogen-bond acceptors (Lipinski definition) is 7. The molecule has 8 heteroatoms. The first-order chi connectivity index (χ1) is 10.0. The fourth-order valence-corrected chi connectivity index (χ4v) is 1.74. The number of anilines is 3. The summed E-state index contributed by atoms with van der Waals surface area (Å²) in [7, 11) is 0. The lowest BCUT2D eigenvalue weighted by Crippen LogP contribution is -2.13. The Bertz CT molecular complexity index is 675. The van der Waals surface area contributed by atoms with Gasteiger partial charge in [0.1, 0.15) is 23.9 Å². The van der Waals surface area contributed by atoms with Crippen LogP contribution in [0.25, 0.3) is 0 Å². The van der Waals surface area contributed by atoms with Gasteiger partial charge in [0.05, 0.1) is 5.56 Å². The van der Waals surface area contributed by atoms with Crippen LogP contribution in [0.4, 0.5) is 17.3 Å². The van der Waals surface area contributed by atoms with Crippen molar-refractivity contribution in [1.82, 2.24) is 4.98 Å². The third-order valence-electron chi connectivity index (χ3n) is 2.75. The first-order valence-corrected chi connectivity index (χ1v) is 5.99. The standard InChI is InChI=1S/C13H15N5O3/c14-10-5-9(11(15)12(17-10)18-16)21-6-7-2-1-3-8(4-7)13(19)20/h1-5H,6,15-16H2,(H,19,20)(H3,14,17,18). The van der Waals surface area contributed by atoms with E-state index in [0.29, 0.717) is 11.3 Å². The van der Waals surface area contributed by atoms with Gasteiger partial charge in [0, 0.05) is 6.07 Å². The van der Waals surface area contributed by atoms with Crippen molar-refractivity contribution in [3.63, 3.8) is 0 Å². The van der Waals surface area contributed by atoms with Crippen LogP contribution in [-0.2, 0) is 6.61 Å². The number of aromatic carboxylic acids is 1. The summed E-state index contributed by atoms with van der Waals surface area (Å²) in [6.45, 7) is 0.138. The minimum atomic E-state index is -1.00. The lowest BCUT2D eigenvalue weighted by atomic mass is 10.1. The molecular formula is C13H15N5O3. The highest BCUT2D eigenvalue weighted by molar-refractivity contribution is 5.87. The first kappa shape index (κ1) is 14.4. The lowest BCUT2D eigenvalue weighted by molar-refractivity contribution is 0.0696. The van der Waals surface area contributed by atoms with E-state index in [9.17, 15) is 4.79 Å². The van der Waals surface area contributed by atoms with Crippen LogP contribution in [0.5, 0.6) is 5.75 Å². The van der Waals surface area contributed by atoms with Crippen molar-refractivity contribution in [2.45, 2.75) is 6.61 Å². The van der Waals surface area contributed by atoms with Crippen LogP contribution in [-0.4, -0.2) is 16.1 Å². The highest BCUT2D eigenvalue weighted by atomic mass is 16.5. The molecule has 0 aliphatic rings. The Morgan fingerprint density at radius 1 is 1.33 bits per heavy atom. The Labute approximate surface area is 120 Å². The number of carboxylic acids is 1. The fourth-order valence-electron chi connectivity index (χ4n) is 1.74. The van der Waals surface area contributed by atoms with Gasteiger partial charge in [0.2, 0.25) is 0 Å². The van der Waals surface area contributed by atoms with E-state index in [0.717, 1.165) is 0 Å². The number of ether oxygens (including phenoxy) is 1. The maximum atomic E-state index is 10.9. The monoisotopic (exact) mass is 289 g/mol. The molecular weight excluding hydrogens is 274 g/mol. The average molecular weight is 289 g/mol. The Balaban J connectivity index is 2.18. The average Bonchev–Trinajstić information content (AvgIpc) is 2.48. The van der Waals surface area contributed by atoms with E-state index in [-0.39, 0.29) is 29.5 Å². The second-order valence-electron chi connectivity index (χ2n) is 4.25. The van der Waals surface area contributed by atoms with Crippen molar-refractivity contribution in [1.29, 1.82) is 0 Å². The predicted octanol–water partition coefficient (Wildman–Crippen LogP) is 0.809. The van der Waals surface area contributed by atoms with Gasteiger partial charge >= 0.3 is 5.97 Å². The topological polar surface area (TPSA) is 150 Å². The molecule has 0 saturated carbocycles. The van der Waals surface area contributed by atoms with Crippen LogP contribution in [0.2, 0.25) is 0 Å². The van der Waals surface area contributed by atoms with Gasteiger partial charge < -0.3 is 26.7 Å². The first-order valence-electron chi connectivity index (χ1n) is 5.99. The molecule has 2 rings (SSSR count). The van der Waals surface area contributed by atoms with E-state index >= 15 is 0 Å². The number of nitrogens with two attached hydrogens (primary N) is 3. The van der Waals surface area contributed by atoms with Gasteiger partial charge in [-0.2, -0.15) is 0 Å². The largest absolute Gasteiger partial charge is 0.486 e. The summed E-state index contributed by atoms with van der Waals surface area (Å²) in [6, 6.07) is 7.87. The van der Waals surface area contributed by atoms with E-state index in [1.54, 1.807) is 12.1 Å². The molecule has 8 nitrogen and oxygen atoms in total. The maximum absolute atomic E-state index is 10.9. The van der Waals surface area contributed by atoms with E-state index in [2.05, 4.69) is 10.4 Å². The molecule has 110 valence electrons. The van der Waals surface area contributed by atoms with Crippen LogP contribution in [0, 0.1) is 0 Å². The van der Waals surface area contributed by atoms with Crippen LogP contribution >= 0.6 is 0 Å². The van der Waals surface area contributed by atoms with Gasteiger partial charge in [-0.3, -0.25) is 0 Å². The molecule has 0 fully saturated rings. The van der Waals surface area contributed by atoms with Gasteiger partial charge in [0.25, 0.3) is 0 Å². The minimum Gasteiger partial charge on any atom is -0.486 e. The predicted molar refractivity (Wildman–Crippen MR) is 78.6 cm³/mol. The molecule has 0 atom stereocenters. The number of rotatable bonds is 5. The molecule has 2 aromatic rings. The van der Waals surface area contributed by atoms with Crippen molar-refractivity contribution in [2.24, 2.45) is 5.84 Å². The molecule has 1 heterocycles. The molecule has 0 unspecified atom stereocenters. The molecule has 0 amide bonds. The van der Waals surface area contributed by atoms with Gasteiger partial charge in [-0.15, -0.1) is 0 Å². The molecule has 1 aromatic heterocycles. The normalized spacial score (nSPS) is 10.1. The molecule has 0 spiro atoms. The summed E-state index contributed by atoms with van der Waals surface area (Å²) in [5.74, 6) is 5.01. The number of hydrazine groups is 1. The Morgan fingerprint density at radius 3 is 2.76 bits per heavy atom. The summed E-state index contributed by atoms with van der Waals surface area (Å²) in [5.41, 5.74) is 14.9. The number of nitrogens with zero attached hydrogens (tertiary/aromatic N) is 1. The molecule has 21 heavy (non-hydrogen) atoms. The van der Waals surface area contributed by atoms with E-state index < -0.39 is 5.97 Å². The number of aromatic nitrogens is 1. The number of nitrogens with one attached hydrogen (secondary N) is 1. The number of benzene rings is 1. The third kappa shape index (κ3) is 3.31. The second kappa shape index (κ2) is 5.97. The zero-order valence-corrected chi connectivity index (χ0v) is 11.0. The van der Waals surface area contributed by atoms with Gasteiger partial charge in [0.15, 0.2) is 5.82 Å². The zero-order chi connectivity index (χ0) is 15.4. The summed E-state index contributed by atoms with van der Waals surface area (Å²) in [4.78, 5) is 14.8. The molecule has 0 aliphatic heterocycles. The van der Waals surface area contributed by atoms with Crippen LogP contribution < -0.4 is 27.5 Å². The Morgan fingerprint density at radius 2 is 2.10 bits per heavy atom. The van der Waals surface area contributed by atoms with Crippen molar-refractivity contribution < 1.29 is 14.6 Å². The third-order valence-corrected chi connectivity index (χ3v) is 2.75. The van der Waals surface area contributed by atoms with Crippen molar-refractivity contribution in [3.05, 3.63) is 41.5 Å². The number of carbonyl (C=O) groups is 1. The van der Waals surface area contributed by atoms with E-state index in [1.807, 2.05) is 0 Å². The zero-order valence-electron chi connectivity index (χ0n) is 11.0. The van der Waals surface area contributed by atoms with Gasteiger partial charge in [-0.05, 0) is 17.7 Å². The van der Waals surface area contributed by atoms with Crippen molar-refractivity contribution >= 4 is 23.3 Å². The number of nitrogen functional groups attached to an aromatic ring is 3. The lowest BCUT2D eigenvalue weighted by Gasteiger charge is -2.12. The highest BCUT2D eigenvalue weighted by Gasteiger charge is 2.10. The summed E-state index contributed by atoms with van der Waals surface area (Å²) >= 11 is 0. The van der Waals surface area contributed by atoms with E-state index in [1.165, 1.54) is 18.2 Å². The number of carboxylic acid groups (broad SMARTS) is 1. The van der Waals surface area contributed by atoms with Gasteiger partial charge in [-0.25, -0.2) is 15.6 Å². The summed E-state index contributed by atoms with van der Waals surface area (Å²) in [6.07, 6.45) is 0. The molecule has 0 radical (unpaired) electrons. The SMILES string of the molecule is NNc1nc(N)cc(OCc2cccc(C(=O)O)c2)c1N. The van der Waals surface area contributed by atoms with Crippen LogP contribution in [0.15, 0.2) is 30.3 Å². The fraction of sp³-hybridized carbons (Fsp3) is 0.0769. The molecule has 0 aliphatic carbocycles. The number of hydrogen-bond donors (Lipinski definition) is 5.